The first-order valence-corrected chi connectivity index (χ1v) is 12.6. The molecule has 7 atom stereocenters. The number of phosphoric acid groups is 1. The van der Waals surface area contributed by atoms with Gasteiger partial charge in [0.1, 0.15) is 24.6 Å². The van der Waals surface area contributed by atoms with Gasteiger partial charge in [-0.25, -0.2) is 23.7 Å². The largest absolute Gasteiger partial charge is 0.473 e. The van der Waals surface area contributed by atoms with E-state index in [4.69, 9.17) is 18.3 Å². The molecular weight excluding hydrogens is 473 g/mol. The standard InChI is InChI=1S/C15H20N5O10PS/c21-8-3-1-2-7(8)19-13-10-14(17-5-16-13)20(6-18-10)15-12-11(29-31(22,23)30-12)9(28-15)4-27-32(24,25)26/h5-9,11-12,15,21H,1-4H2,(H,22,23)(H,16,17,19)(H,24,25,26)/t7-,8+,9-,11-,12-,15-/m1/s1. The number of aromatic nitrogens is 4. The smallest absolute Gasteiger partial charge is 0.391 e. The van der Waals surface area contributed by atoms with Crippen molar-refractivity contribution in [1.29, 1.82) is 0 Å². The Balaban J connectivity index is 1.45. The third-order valence-corrected chi connectivity index (χ3v) is 7.06. The van der Waals surface area contributed by atoms with E-state index in [-0.39, 0.29) is 6.04 Å². The second kappa shape index (κ2) is 7.93. The molecule has 2 saturated heterocycles. The van der Waals surface area contributed by atoms with Gasteiger partial charge in [0, 0.05) is 0 Å². The number of nitrogens with zero attached hydrogens (tertiary/aromatic N) is 4. The number of hydrogen-bond acceptors (Lipinski definition) is 12. The highest BCUT2D eigenvalue weighted by Crippen LogP contribution is 2.58. The van der Waals surface area contributed by atoms with E-state index in [1.807, 2.05) is 0 Å². The van der Waals surface area contributed by atoms with E-state index in [9.17, 15) is 23.0 Å². The molecule has 3 fully saturated rings. The number of ether oxygens (including phenoxy) is 1. The Morgan fingerprint density at radius 3 is 2.75 bits per heavy atom. The molecule has 0 spiro atoms. The summed E-state index contributed by atoms with van der Waals surface area (Å²) in [5, 5.41) is 13.3. The van der Waals surface area contributed by atoms with Gasteiger partial charge in [0.15, 0.2) is 23.2 Å². The molecule has 3 aliphatic rings. The quantitative estimate of drug-likeness (QED) is 0.303. The number of hydrogen-bond donors (Lipinski definition) is 4. The van der Waals surface area contributed by atoms with Crippen molar-refractivity contribution in [3.63, 3.8) is 0 Å². The highest BCUT2D eigenvalue weighted by Gasteiger charge is 2.58. The van der Waals surface area contributed by atoms with Gasteiger partial charge in [-0.3, -0.25) is 18.2 Å². The van der Waals surface area contributed by atoms with Crippen molar-refractivity contribution in [2.24, 2.45) is 0 Å². The van der Waals surface area contributed by atoms with Gasteiger partial charge in [-0.2, -0.15) is 8.42 Å². The summed E-state index contributed by atoms with van der Waals surface area (Å²) in [4.78, 5) is 22.5. The molecule has 0 radical (unpaired) electrons. The minimum Gasteiger partial charge on any atom is -0.391 e. The van der Waals surface area contributed by atoms with Crippen molar-refractivity contribution < 1.29 is 45.5 Å². The summed E-state index contributed by atoms with van der Waals surface area (Å²) in [5.41, 5.74) is 0.675. The van der Waals surface area contributed by atoms with Gasteiger partial charge in [0.25, 0.3) is 0 Å². The first kappa shape index (κ1) is 22.1. The van der Waals surface area contributed by atoms with E-state index in [2.05, 4.69) is 24.5 Å². The van der Waals surface area contributed by atoms with Crippen molar-refractivity contribution in [3.8, 4) is 0 Å². The molecule has 176 valence electrons. The van der Waals surface area contributed by atoms with Crippen LogP contribution < -0.4 is 5.32 Å². The Labute approximate surface area is 181 Å². The van der Waals surface area contributed by atoms with Crippen LogP contribution in [0.4, 0.5) is 5.82 Å². The molecule has 32 heavy (non-hydrogen) atoms. The molecule has 4 heterocycles. The maximum Gasteiger partial charge on any atom is 0.473 e. The third-order valence-electron chi connectivity index (χ3n) is 5.61. The van der Waals surface area contributed by atoms with Crippen LogP contribution in [0.1, 0.15) is 25.5 Å². The molecule has 5 rings (SSSR count). The maximum atomic E-state index is 12.0. The van der Waals surface area contributed by atoms with E-state index in [0.717, 1.165) is 12.8 Å². The molecule has 15 nitrogen and oxygen atoms in total. The number of phosphoric ester groups is 1. The van der Waals surface area contributed by atoms with Crippen molar-refractivity contribution >= 4 is 35.2 Å². The summed E-state index contributed by atoms with van der Waals surface area (Å²) in [6.07, 6.45) is 0.0118. The van der Waals surface area contributed by atoms with Crippen molar-refractivity contribution in [2.45, 2.75) is 55.9 Å². The molecular formula is C15H20N5O10PS. The van der Waals surface area contributed by atoms with Crippen LogP contribution in [0.25, 0.3) is 11.2 Å². The highest BCUT2D eigenvalue weighted by molar-refractivity contribution is 7.80. The number of imidazole rings is 1. The highest BCUT2D eigenvalue weighted by atomic mass is 32.3. The molecule has 0 amide bonds. The monoisotopic (exact) mass is 493 g/mol. The average Bonchev–Trinajstić information content (AvgIpc) is 3.44. The summed E-state index contributed by atoms with van der Waals surface area (Å²) in [5.74, 6) is 0.400. The summed E-state index contributed by atoms with van der Waals surface area (Å²) in [6, 6.07) is -0.181. The lowest BCUT2D eigenvalue weighted by atomic mass is 10.1. The molecule has 0 bridgehead atoms. The van der Waals surface area contributed by atoms with Gasteiger partial charge in [-0.1, -0.05) is 0 Å². The zero-order chi connectivity index (χ0) is 22.7. The molecule has 1 aliphatic carbocycles. The van der Waals surface area contributed by atoms with Gasteiger partial charge in [-0.15, -0.1) is 0 Å². The van der Waals surface area contributed by atoms with Crippen LogP contribution in [0.3, 0.4) is 0 Å². The summed E-state index contributed by atoms with van der Waals surface area (Å²) in [6.45, 7) is -0.673. The SMILES string of the molecule is O=P1(O)O[C@@H]2[C@H](O1)[C@@H](COS(=O)(=O)O)O[C@H]2n1cnc2c(N[C@@H]3CCC[C@@H]3O)ncnc21. The second-order valence-corrected chi connectivity index (χ2v) is 10.1. The van der Waals surface area contributed by atoms with E-state index >= 15 is 0 Å². The number of anilines is 1. The zero-order valence-corrected chi connectivity index (χ0v) is 18.0. The first-order valence-electron chi connectivity index (χ1n) is 9.70. The summed E-state index contributed by atoms with van der Waals surface area (Å²) < 4.78 is 64.4. The van der Waals surface area contributed by atoms with Gasteiger partial charge in [0.2, 0.25) is 0 Å². The Morgan fingerprint density at radius 2 is 2.03 bits per heavy atom. The van der Waals surface area contributed by atoms with Gasteiger partial charge in [-0.05, 0) is 19.3 Å². The third kappa shape index (κ3) is 4.13. The molecule has 2 aromatic rings. The molecule has 2 aliphatic heterocycles. The van der Waals surface area contributed by atoms with Crippen molar-refractivity contribution in [1.82, 2.24) is 19.5 Å². The van der Waals surface area contributed by atoms with Crippen LogP contribution in [-0.2, 0) is 32.9 Å². The van der Waals surface area contributed by atoms with Crippen LogP contribution in [0.2, 0.25) is 0 Å². The minimum absolute atomic E-state index is 0.181. The van der Waals surface area contributed by atoms with E-state index in [1.54, 1.807) is 0 Å². The number of rotatable bonds is 6. The fourth-order valence-electron chi connectivity index (χ4n) is 4.22. The van der Waals surface area contributed by atoms with Crippen LogP contribution in [0.5, 0.6) is 0 Å². The predicted octanol–water partition coefficient (Wildman–Crippen LogP) is -0.247. The Kier molecular flexibility index (Phi) is 5.47. The zero-order valence-electron chi connectivity index (χ0n) is 16.3. The Bertz CT molecular complexity index is 1180. The Hall–Kier alpha value is -1.75. The number of fused-ring (bicyclic) bond motifs is 2. The normalized spacial score (nSPS) is 37.2. The lowest BCUT2D eigenvalue weighted by molar-refractivity contribution is -0.0555. The van der Waals surface area contributed by atoms with E-state index in [1.165, 1.54) is 17.2 Å². The van der Waals surface area contributed by atoms with Crippen LogP contribution in [-0.4, -0.2) is 79.6 Å². The van der Waals surface area contributed by atoms with Gasteiger partial charge < -0.3 is 20.1 Å². The van der Waals surface area contributed by atoms with Gasteiger partial charge >= 0.3 is 18.2 Å². The van der Waals surface area contributed by atoms with Crippen molar-refractivity contribution in [2.75, 3.05) is 11.9 Å². The average molecular weight is 493 g/mol. The molecule has 1 saturated carbocycles. The fraction of sp³-hybridized carbons (Fsp3) is 0.667. The Morgan fingerprint density at radius 1 is 1.25 bits per heavy atom. The summed E-state index contributed by atoms with van der Waals surface area (Å²) >= 11 is 0. The molecule has 2 aromatic heterocycles. The van der Waals surface area contributed by atoms with Crippen molar-refractivity contribution in [3.05, 3.63) is 12.7 Å². The molecule has 17 heteroatoms. The predicted molar refractivity (Wildman–Crippen MR) is 104 cm³/mol. The number of nitrogens with one attached hydrogen (secondary N) is 1. The molecule has 4 N–H and O–H groups in total. The topological polar surface area (TPSA) is 204 Å². The molecule has 0 aromatic carbocycles. The number of aliphatic hydroxyl groups is 1. The van der Waals surface area contributed by atoms with E-state index < -0.39 is 55.5 Å². The van der Waals surface area contributed by atoms with Crippen LogP contribution in [0.15, 0.2) is 12.7 Å². The minimum atomic E-state index is -4.77. The van der Waals surface area contributed by atoms with E-state index in [0.29, 0.717) is 23.4 Å². The molecule has 1 unspecified atom stereocenters. The van der Waals surface area contributed by atoms with Crippen LogP contribution in [0, 0.1) is 0 Å². The fourth-order valence-corrected chi connectivity index (χ4v) is 5.67. The lowest BCUT2D eigenvalue weighted by Gasteiger charge is -2.19. The number of aliphatic hydroxyl groups excluding tert-OH is 1. The first-order chi connectivity index (χ1) is 15.1. The maximum absolute atomic E-state index is 12.0. The van der Waals surface area contributed by atoms with Gasteiger partial charge in [0.05, 0.1) is 25.1 Å². The lowest BCUT2D eigenvalue weighted by Crippen LogP contribution is -2.32. The van der Waals surface area contributed by atoms with Crippen LogP contribution >= 0.6 is 7.82 Å². The summed E-state index contributed by atoms with van der Waals surface area (Å²) in [7, 11) is -9.19. The second-order valence-electron chi connectivity index (χ2n) is 7.68.